The Morgan fingerprint density at radius 3 is 2.00 bits per heavy atom. The first-order chi connectivity index (χ1) is 17.8. The molecule has 0 saturated heterocycles. The van der Waals surface area contributed by atoms with Crippen molar-refractivity contribution in [2.75, 3.05) is 16.2 Å². The number of rotatable bonds is 10. The van der Waals surface area contributed by atoms with Gasteiger partial charge in [-0.1, -0.05) is 74.5 Å². The molecule has 0 fully saturated rings. The smallest absolute Gasteiger partial charge is 0.264 e. The van der Waals surface area contributed by atoms with Crippen LogP contribution in [-0.4, -0.2) is 20.9 Å². The molecule has 4 aromatic rings. The van der Waals surface area contributed by atoms with E-state index in [0.29, 0.717) is 17.3 Å². The minimum atomic E-state index is -3.95. The summed E-state index contributed by atoms with van der Waals surface area (Å²) in [6.45, 7) is 3.81. The molecule has 0 unspecified atom stereocenters. The summed E-state index contributed by atoms with van der Waals surface area (Å²) < 4.78 is 28.2. The fraction of sp³-hybridized carbons (Fsp3) is 0.167. The molecule has 190 valence electrons. The van der Waals surface area contributed by atoms with Crippen LogP contribution in [0.4, 0.5) is 11.4 Å². The highest BCUT2D eigenvalue weighted by Crippen LogP contribution is 2.26. The lowest BCUT2D eigenvalue weighted by atomic mass is 10.0. The highest BCUT2D eigenvalue weighted by molar-refractivity contribution is 7.98. The first-order valence-electron chi connectivity index (χ1n) is 12.1. The molecule has 0 atom stereocenters. The summed E-state index contributed by atoms with van der Waals surface area (Å²) in [5, 5.41) is 2.84. The Labute approximate surface area is 223 Å². The van der Waals surface area contributed by atoms with E-state index in [4.69, 9.17) is 0 Å². The average molecular weight is 531 g/mol. The van der Waals surface area contributed by atoms with Crippen LogP contribution in [-0.2, 0) is 20.6 Å². The fourth-order valence-corrected chi connectivity index (χ4v) is 6.08. The van der Waals surface area contributed by atoms with Crippen LogP contribution in [0.25, 0.3) is 0 Å². The van der Waals surface area contributed by atoms with Crippen molar-refractivity contribution in [3.8, 4) is 0 Å². The molecule has 0 heterocycles. The van der Waals surface area contributed by atoms with E-state index in [1.165, 1.54) is 17.0 Å². The standard InChI is InChI=1S/C30H30N2O3S2/c1-23(2)25-15-19-27(20-16-25)32(37(34,35)29-11-7-4-8-12-29)21-30(33)31-26-17-13-24(14-18-26)22-36-28-9-5-3-6-10-28/h3-20,23H,21-22H2,1-2H3,(H,31,33). The number of amides is 1. The molecule has 0 aliphatic carbocycles. The van der Waals surface area contributed by atoms with Crippen LogP contribution in [0, 0.1) is 0 Å². The molecule has 7 heteroatoms. The second kappa shape index (κ2) is 12.1. The van der Waals surface area contributed by atoms with Gasteiger partial charge in [-0.3, -0.25) is 9.10 Å². The van der Waals surface area contributed by atoms with Gasteiger partial charge in [0.05, 0.1) is 10.6 Å². The third-order valence-corrected chi connectivity index (χ3v) is 8.72. The number of hydrogen-bond acceptors (Lipinski definition) is 4. The van der Waals surface area contributed by atoms with Gasteiger partial charge >= 0.3 is 0 Å². The minimum absolute atomic E-state index is 0.135. The van der Waals surface area contributed by atoms with Gasteiger partial charge < -0.3 is 5.32 Å². The van der Waals surface area contributed by atoms with Crippen LogP contribution < -0.4 is 9.62 Å². The lowest BCUT2D eigenvalue weighted by molar-refractivity contribution is -0.114. The second-order valence-electron chi connectivity index (χ2n) is 8.92. The largest absolute Gasteiger partial charge is 0.325 e. The van der Waals surface area contributed by atoms with Crippen molar-refractivity contribution >= 4 is 39.1 Å². The van der Waals surface area contributed by atoms with Crippen molar-refractivity contribution in [1.82, 2.24) is 0 Å². The van der Waals surface area contributed by atoms with Crippen LogP contribution in [0.15, 0.2) is 119 Å². The van der Waals surface area contributed by atoms with Gasteiger partial charge in [0.15, 0.2) is 0 Å². The molecular formula is C30H30N2O3S2. The molecule has 0 radical (unpaired) electrons. The van der Waals surface area contributed by atoms with E-state index in [-0.39, 0.29) is 11.4 Å². The lowest BCUT2D eigenvalue weighted by Crippen LogP contribution is -2.38. The number of sulfonamides is 1. The maximum atomic E-state index is 13.5. The predicted octanol–water partition coefficient (Wildman–Crippen LogP) is 6.94. The van der Waals surface area contributed by atoms with E-state index in [9.17, 15) is 13.2 Å². The van der Waals surface area contributed by atoms with E-state index in [1.54, 1.807) is 42.1 Å². The van der Waals surface area contributed by atoms with E-state index < -0.39 is 15.9 Å². The first-order valence-corrected chi connectivity index (χ1v) is 14.5. The third kappa shape index (κ3) is 7.02. The summed E-state index contributed by atoms with van der Waals surface area (Å²) >= 11 is 1.74. The molecule has 1 N–H and O–H groups in total. The minimum Gasteiger partial charge on any atom is -0.325 e. The number of nitrogens with zero attached hydrogens (tertiary/aromatic N) is 1. The molecule has 0 aliphatic heterocycles. The summed E-state index contributed by atoms with van der Waals surface area (Å²) in [7, 11) is -3.95. The number of nitrogens with one attached hydrogen (secondary N) is 1. The highest BCUT2D eigenvalue weighted by Gasteiger charge is 2.27. The van der Waals surface area contributed by atoms with Crippen molar-refractivity contribution in [3.05, 3.63) is 120 Å². The van der Waals surface area contributed by atoms with E-state index >= 15 is 0 Å². The van der Waals surface area contributed by atoms with E-state index in [2.05, 4.69) is 31.3 Å². The molecule has 0 aliphatic rings. The van der Waals surface area contributed by atoms with E-state index in [1.807, 2.05) is 54.6 Å². The van der Waals surface area contributed by atoms with Gasteiger partial charge in [-0.05, 0) is 65.6 Å². The Morgan fingerprint density at radius 1 is 0.811 bits per heavy atom. The predicted molar refractivity (Wildman–Crippen MR) is 153 cm³/mol. The molecule has 4 aromatic carbocycles. The van der Waals surface area contributed by atoms with Crippen LogP contribution in [0.1, 0.15) is 30.9 Å². The van der Waals surface area contributed by atoms with Gasteiger partial charge in [-0.15, -0.1) is 11.8 Å². The monoisotopic (exact) mass is 530 g/mol. The highest BCUT2D eigenvalue weighted by atomic mass is 32.2. The molecule has 0 saturated carbocycles. The maximum absolute atomic E-state index is 13.5. The Morgan fingerprint density at radius 2 is 1.41 bits per heavy atom. The fourth-order valence-electron chi connectivity index (χ4n) is 3.76. The number of carbonyl (C=O) groups is 1. The van der Waals surface area contributed by atoms with E-state index in [0.717, 1.165) is 21.2 Å². The van der Waals surface area contributed by atoms with Crippen LogP contribution in [0.3, 0.4) is 0 Å². The summed E-state index contributed by atoms with van der Waals surface area (Å²) in [6.07, 6.45) is 0. The normalized spacial score (nSPS) is 11.3. The van der Waals surface area contributed by atoms with Gasteiger partial charge in [-0.2, -0.15) is 0 Å². The quantitative estimate of drug-likeness (QED) is 0.226. The number of hydrogen-bond donors (Lipinski definition) is 1. The zero-order valence-corrected chi connectivity index (χ0v) is 22.5. The Kier molecular flexibility index (Phi) is 8.69. The number of benzene rings is 4. The van der Waals surface area contributed by atoms with Crippen LogP contribution >= 0.6 is 11.8 Å². The van der Waals surface area contributed by atoms with Gasteiger partial charge in [0.1, 0.15) is 6.54 Å². The Bertz CT molecular complexity index is 1410. The van der Waals surface area contributed by atoms with Crippen LogP contribution in [0.5, 0.6) is 0 Å². The number of anilines is 2. The molecule has 37 heavy (non-hydrogen) atoms. The molecule has 0 aromatic heterocycles. The lowest BCUT2D eigenvalue weighted by Gasteiger charge is -2.24. The topological polar surface area (TPSA) is 66.5 Å². The summed E-state index contributed by atoms with van der Waals surface area (Å²) in [5.74, 6) is 0.706. The van der Waals surface area contributed by atoms with Crippen molar-refractivity contribution in [2.24, 2.45) is 0 Å². The van der Waals surface area contributed by atoms with Crippen molar-refractivity contribution in [2.45, 2.75) is 35.3 Å². The number of carbonyl (C=O) groups excluding carboxylic acids is 1. The molecule has 1 amide bonds. The molecule has 5 nitrogen and oxygen atoms in total. The zero-order chi connectivity index (χ0) is 26.3. The van der Waals surface area contributed by atoms with Gasteiger partial charge in [0.25, 0.3) is 10.0 Å². The summed E-state index contributed by atoms with van der Waals surface area (Å²) in [4.78, 5) is 14.4. The average Bonchev–Trinajstić information content (AvgIpc) is 2.92. The maximum Gasteiger partial charge on any atom is 0.264 e. The zero-order valence-electron chi connectivity index (χ0n) is 20.9. The first kappa shape index (κ1) is 26.5. The van der Waals surface area contributed by atoms with Crippen molar-refractivity contribution < 1.29 is 13.2 Å². The van der Waals surface area contributed by atoms with Crippen LogP contribution in [0.2, 0.25) is 0 Å². The summed E-state index contributed by atoms with van der Waals surface area (Å²) in [5.41, 5.74) is 3.28. The molecule has 0 spiro atoms. The molecule has 0 bridgehead atoms. The van der Waals surface area contributed by atoms with Crippen molar-refractivity contribution in [3.63, 3.8) is 0 Å². The van der Waals surface area contributed by atoms with Gasteiger partial charge in [0.2, 0.25) is 5.91 Å². The molecule has 4 rings (SSSR count). The second-order valence-corrected chi connectivity index (χ2v) is 11.8. The molecular weight excluding hydrogens is 500 g/mol. The van der Waals surface area contributed by atoms with Crippen molar-refractivity contribution in [1.29, 1.82) is 0 Å². The number of thioether (sulfide) groups is 1. The van der Waals surface area contributed by atoms with Gasteiger partial charge in [0, 0.05) is 16.3 Å². The Hall–Kier alpha value is -3.55. The Balaban J connectivity index is 1.48. The van der Waals surface area contributed by atoms with Gasteiger partial charge in [-0.25, -0.2) is 8.42 Å². The SMILES string of the molecule is CC(C)c1ccc(N(CC(=O)Nc2ccc(CSc3ccccc3)cc2)S(=O)(=O)c2ccccc2)cc1. The summed E-state index contributed by atoms with van der Waals surface area (Å²) in [6, 6.07) is 33.3. The third-order valence-electron chi connectivity index (χ3n) is 5.85.